The maximum atomic E-state index is 13.6. The van der Waals surface area contributed by atoms with Gasteiger partial charge in [0.2, 0.25) is 5.91 Å². The number of nitrogens with one attached hydrogen (secondary N) is 2. The van der Waals surface area contributed by atoms with Crippen molar-refractivity contribution in [1.82, 2.24) is 5.32 Å². The molecule has 4 rings (SSSR count). The molecule has 0 heterocycles. The maximum absolute atomic E-state index is 13.6. The van der Waals surface area contributed by atoms with Crippen LogP contribution >= 0.6 is 23.2 Å². The predicted octanol–water partition coefficient (Wildman–Crippen LogP) is 5.82. The highest BCUT2D eigenvalue weighted by Crippen LogP contribution is 2.33. The van der Waals surface area contributed by atoms with E-state index in [4.69, 9.17) is 32.7 Å². The van der Waals surface area contributed by atoms with Crippen LogP contribution in [-0.4, -0.2) is 47.5 Å². The van der Waals surface area contributed by atoms with Crippen molar-refractivity contribution in [2.24, 2.45) is 0 Å². The number of halogens is 2. The fourth-order valence-corrected chi connectivity index (χ4v) is 6.29. The van der Waals surface area contributed by atoms with Crippen LogP contribution in [-0.2, 0) is 21.2 Å². The summed E-state index contributed by atoms with van der Waals surface area (Å²) in [6, 6.07) is 23.9. The van der Waals surface area contributed by atoms with Gasteiger partial charge < -0.3 is 20.1 Å². The average Bonchev–Trinajstić information content (AvgIpc) is 3.00. The molecule has 2 N–H and O–H groups in total. The smallest absolute Gasteiger partial charge is 0.264 e. The molecule has 0 unspecified atom stereocenters. The van der Waals surface area contributed by atoms with E-state index in [2.05, 4.69) is 10.6 Å². The van der Waals surface area contributed by atoms with Crippen LogP contribution in [0.1, 0.15) is 15.9 Å². The minimum Gasteiger partial charge on any atom is -0.493 e. The Bertz CT molecular complexity index is 1720. The highest BCUT2D eigenvalue weighted by Gasteiger charge is 2.29. The van der Waals surface area contributed by atoms with E-state index in [0.29, 0.717) is 29.5 Å². The van der Waals surface area contributed by atoms with Crippen LogP contribution in [0.5, 0.6) is 11.5 Å². The molecule has 0 fully saturated rings. The first-order valence-electron chi connectivity index (χ1n) is 13.0. The van der Waals surface area contributed by atoms with E-state index in [1.807, 2.05) is 12.1 Å². The van der Waals surface area contributed by atoms with Gasteiger partial charge in [0.25, 0.3) is 15.9 Å². The van der Waals surface area contributed by atoms with Gasteiger partial charge in [-0.15, -0.1) is 0 Å². The number of methoxy groups -OCH3 is 2. The van der Waals surface area contributed by atoms with E-state index in [-0.39, 0.29) is 26.9 Å². The number of hydrogen-bond donors (Lipinski definition) is 2. The van der Waals surface area contributed by atoms with Gasteiger partial charge in [0, 0.05) is 11.6 Å². The Morgan fingerprint density at radius 3 is 2.23 bits per heavy atom. The van der Waals surface area contributed by atoms with Gasteiger partial charge in [-0.05, 0) is 66.6 Å². The van der Waals surface area contributed by atoms with Crippen LogP contribution in [0, 0.1) is 0 Å². The molecule has 0 aromatic heterocycles. The van der Waals surface area contributed by atoms with Crippen molar-refractivity contribution in [3.63, 3.8) is 0 Å². The zero-order valence-electron chi connectivity index (χ0n) is 23.3. The summed E-state index contributed by atoms with van der Waals surface area (Å²) in [5, 5.41) is 5.89. The Morgan fingerprint density at radius 2 is 1.53 bits per heavy atom. The molecule has 0 aliphatic heterocycles. The van der Waals surface area contributed by atoms with E-state index in [1.165, 1.54) is 30.3 Å². The number of hydrogen-bond acceptors (Lipinski definition) is 6. The number of para-hydroxylation sites is 1. The second-order valence-electron chi connectivity index (χ2n) is 9.21. The predicted molar refractivity (Wildman–Crippen MR) is 168 cm³/mol. The second kappa shape index (κ2) is 14.3. The molecule has 0 spiro atoms. The molecule has 0 saturated heterocycles. The van der Waals surface area contributed by atoms with Crippen LogP contribution in [0.25, 0.3) is 0 Å². The van der Waals surface area contributed by atoms with Crippen LogP contribution in [0.4, 0.5) is 11.4 Å². The normalized spacial score (nSPS) is 11.0. The first kappa shape index (κ1) is 31.7. The summed E-state index contributed by atoms with van der Waals surface area (Å²) in [5.41, 5.74) is 1.44. The van der Waals surface area contributed by atoms with E-state index in [0.717, 1.165) is 9.87 Å². The monoisotopic (exact) mass is 641 g/mol. The molecule has 4 aromatic carbocycles. The number of benzene rings is 4. The Kier molecular flexibility index (Phi) is 10.5. The number of anilines is 2. The molecule has 0 radical (unpaired) electrons. The third-order valence-corrected chi connectivity index (χ3v) is 8.70. The van der Waals surface area contributed by atoms with E-state index >= 15 is 0 Å². The highest BCUT2D eigenvalue weighted by molar-refractivity contribution is 7.92. The van der Waals surface area contributed by atoms with Gasteiger partial charge in [-0.25, -0.2) is 8.42 Å². The number of ether oxygens (including phenoxy) is 2. The third kappa shape index (κ3) is 7.78. The highest BCUT2D eigenvalue weighted by atomic mass is 35.5. The van der Waals surface area contributed by atoms with Crippen molar-refractivity contribution < 1.29 is 27.5 Å². The standard InChI is InChI=1S/C31H29Cl2N3O6S/c1-41-28-15-12-21(18-29(28)42-2)16-17-34-31(38)24-10-6-7-11-26(24)35-30(37)20-36(27-14-13-22(32)19-25(27)33)43(39,40)23-8-4-3-5-9-23/h3-15,18-19H,16-17,20H2,1-2H3,(H,34,38)(H,35,37). The van der Waals surface area contributed by atoms with Crippen LogP contribution < -0.4 is 24.4 Å². The Hall–Kier alpha value is -4.25. The largest absolute Gasteiger partial charge is 0.493 e. The summed E-state index contributed by atoms with van der Waals surface area (Å²) in [7, 11) is -1.10. The summed E-state index contributed by atoms with van der Waals surface area (Å²) in [4.78, 5) is 26.4. The molecule has 4 aromatic rings. The number of carbonyl (C=O) groups excluding carboxylic acids is 2. The SMILES string of the molecule is COc1ccc(CCNC(=O)c2ccccc2NC(=O)CN(c2ccc(Cl)cc2Cl)S(=O)(=O)c2ccccc2)cc1OC. The Morgan fingerprint density at radius 1 is 0.837 bits per heavy atom. The first-order valence-corrected chi connectivity index (χ1v) is 15.2. The lowest BCUT2D eigenvalue weighted by Gasteiger charge is -2.25. The van der Waals surface area contributed by atoms with Crippen LogP contribution in [0.3, 0.4) is 0 Å². The summed E-state index contributed by atoms with van der Waals surface area (Å²) in [6.07, 6.45) is 0.523. The number of rotatable bonds is 12. The molecule has 43 heavy (non-hydrogen) atoms. The molecule has 12 heteroatoms. The number of sulfonamides is 1. The molecule has 9 nitrogen and oxygen atoms in total. The van der Waals surface area contributed by atoms with Gasteiger partial charge in [0.05, 0.1) is 41.1 Å². The van der Waals surface area contributed by atoms with Crippen molar-refractivity contribution in [3.05, 3.63) is 112 Å². The number of amides is 2. The Labute approximate surface area is 260 Å². The molecule has 0 aliphatic carbocycles. The summed E-state index contributed by atoms with van der Waals surface area (Å²) in [5.74, 6) is 0.0954. The maximum Gasteiger partial charge on any atom is 0.264 e. The van der Waals surface area contributed by atoms with Gasteiger partial charge in [-0.3, -0.25) is 13.9 Å². The van der Waals surface area contributed by atoms with Gasteiger partial charge in [-0.2, -0.15) is 0 Å². The topological polar surface area (TPSA) is 114 Å². The molecular weight excluding hydrogens is 613 g/mol. The fraction of sp³-hybridized carbons (Fsp3) is 0.161. The minimum atomic E-state index is -4.20. The van der Waals surface area contributed by atoms with Gasteiger partial charge >= 0.3 is 0 Å². The van der Waals surface area contributed by atoms with Crippen molar-refractivity contribution in [2.75, 3.05) is 36.9 Å². The molecule has 2 amide bonds. The first-order chi connectivity index (χ1) is 20.6. The summed E-state index contributed by atoms with van der Waals surface area (Å²) in [6.45, 7) is -0.303. The molecule has 224 valence electrons. The lowest BCUT2D eigenvalue weighted by molar-refractivity contribution is -0.114. The molecule has 0 atom stereocenters. The third-order valence-electron chi connectivity index (χ3n) is 6.39. The lowest BCUT2D eigenvalue weighted by atomic mass is 10.1. The molecular formula is C31H29Cl2N3O6S. The number of nitrogens with zero attached hydrogens (tertiary/aromatic N) is 1. The lowest BCUT2D eigenvalue weighted by Crippen LogP contribution is -2.38. The van der Waals surface area contributed by atoms with Crippen molar-refractivity contribution in [2.45, 2.75) is 11.3 Å². The molecule has 0 aliphatic rings. The van der Waals surface area contributed by atoms with Crippen LogP contribution in [0.2, 0.25) is 10.0 Å². The van der Waals surface area contributed by atoms with Crippen molar-refractivity contribution in [3.8, 4) is 11.5 Å². The second-order valence-corrected chi connectivity index (χ2v) is 11.9. The van der Waals surface area contributed by atoms with E-state index in [9.17, 15) is 18.0 Å². The summed E-state index contributed by atoms with van der Waals surface area (Å²) < 4.78 is 38.7. The summed E-state index contributed by atoms with van der Waals surface area (Å²) >= 11 is 12.4. The average molecular weight is 643 g/mol. The van der Waals surface area contributed by atoms with Crippen molar-refractivity contribution >= 4 is 56.4 Å². The zero-order valence-corrected chi connectivity index (χ0v) is 25.7. The van der Waals surface area contributed by atoms with E-state index < -0.39 is 28.4 Å². The molecule has 0 bridgehead atoms. The fourth-order valence-electron chi connectivity index (χ4n) is 4.26. The molecule has 0 saturated carbocycles. The van der Waals surface area contributed by atoms with Crippen LogP contribution in [0.15, 0.2) is 95.9 Å². The zero-order chi connectivity index (χ0) is 31.0. The van der Waals surface area contributed by atoms with Gasteiger partial charge in [0.1, 0.15) is 6.54 Å². The Balaban J connectivity index is 1.50. The van der Waals surface area contributed by atoms with Crippen molar-refractivity contribution in [1.29, 1.82) is 0 Å². The van der Waals surface area contributed by atoms with E-state index in [1.54, 1.807) is 62.8 Å². The quantitative estimate of drug-likeness (QED) is 0.202. The van der Waals surface area contributed by atoms with Gasteiger partial charge in [0.15, 0.2) is 11.5 Å². The number of carbonyl (C=O) groups is 2. The minimum absolute atomic E-state index is 0.0249. The van der Waals surface area contributed by atoms with Gasteiger partial charge in [-0.1, -0.05) is 59.6 Å².